The molecule has 5 rings (SSSR count). The van der Waals surface area contributed by atoms with Gasteiger partial charge in [0, 0.05) is 18.8 Å². The van der Waals surface area contributed by atoms with Gasteiger partial charge in [-0.2, -0.15) is 0 Å². The number of halogens is 1. The highest BCUT2D eigenvalue weighted by atomic mass is 19.1. The van der Waals surface area contributed by atoms with Crippen LogP contribution in [0.25, 0.3) is 22.7 Å². The van der Waals surface area contributed by atoms with Crippen molar-refractivity contribution in [2.45, 2.75) is 84.2 Å². The number of nitrogens with zero attached hydrogens (tertiary/aromatic N) is 5. The fourth-order valence-corrected chi connectivity index (χ4v) is 5.47. The van der Waals surface area contributed by atoms with Gasteiger partial charge < -0.3 is 9.88 Å². The molecule has 2 aliphatic rings. The van der Waals surface area contributed by atoms with Crippen LogP contribution in [0.4, 0.5) is 10.2 Å². The van der Waals surface area contributed by atoms with Crippen molar-refractivity contribution in [3.63, 3.8) is 0 Å². The van der Waals surface area contributed by atoms with Crippen molar-refractivity contribution in [1.29, 1.82) is 0 Å². The first kappa shape index (κ1) is 23.2. The Balaban J connectivity index is 1.55. The summed E-state index contributed by atoms with van der Waals surface area (Å²) in [4.78, 5) is 18.9. The predicted molar refractivity (Wildman–Crippen MR) is 134 cm³/mol. The highest BCUT2D eigenvalue weighted by molar-refractivity contribution is 5.86. The number of hydrogen-bond donors (Lipinski definition) is 1. The Hall–Kier alpha value is -2.57. The van der Waals surface area contributed by atoms with Crippen molar-refractivity contribution in [1.82, 2.24) is 24.5 Å². The van der Waals surface area contributed by atoms with Gasteiger partial charge >= 0.3 is 0 Å². The third-order valence-corrected chi connectivity index (χ3v) is 8.07. The number of hydrogen-bond acceptors (Lipinski definition) is 5. The quantitative estimate of drug-likeness (QED) is 0.418. The fourth-order valence-electron chi connectivity index (χ4n) is 5.47. The molecule has 2 fully saturated rings. The van der Waals surface area contributed by atoms with Crippen LogP contribution >= 0.6 is 0 Å². The number of anilines is 1. The van der Waals surface area contributed by atoms with Crippen molar-refractivity contribution >= 4 is 17.0 Å². The monoisotopic (exact) mass is 464 g/mol. The van der Waals surface area contributed by atoms with E-state index in [1.807, 2.05) is 6.20 Å². The highest BCUT2D eigenvalue weighted by Crippen LogP contribution is 2.36. The molecule has 34 heavy (non-hydrogen) atoms. The lowest BCUT2D eigenvalue weighted by Crippen LogP contribution is -2.31. The van der Waals surface area contributed by atoms with Crippen LogP contribution < -0.4 is 5.32 Å². The second kappa shape index (κ2) is 9.96. The first-order valence-electron chi connectivity index (χ1n) is 13.0. The molecule has 1 atom stereocenters. The lowest BCUT2D eigenvalue weighted by molar-refractivity contribution is 0.218. The van der Waals surface area contributed by atoms with Gasteiger partial charge in [-0.15, -0.1) is 0 Å². The van der Waals surface area contributed by atoms with Crippen molar-refractivity contribution < 1.29 is 4.39 Å². The SMILES string of the molecule is CC(C)c1ccnc(-c2nc3ncnc(N[C@H](C)C4CCC4)c3n2CC2CCC(CF)CC2)c1. The molecule has 0 aliphatic heterocycles. The van der Waals surface area contributed by atoms with Crippen LogP contribution in [0.1, 0.15) is 77.2 Å². The summed E-state index contributed by atoms with van der Waals surface area (Å²) in [6.45, 7) is 7.28. The van der Waals surface area contributed by atoms with Crippen LogP contribution in [0, 0.1) is 17.8 Å². The van der Waals surface area contributed by atoms with E-state index in [4.69, 9.17) is 9.97 Å². The molecular weight excluding hydrogens is 427 g/mol. The van der Waals surface area contributed by atoms with E-state index in [1.54, 1.807) is 6.33 Å². The lowest BCUT2D eigenvalue weighted by atomic mass is 9.80. The largest absolute Gasteiger partial charge is 0.365 e. The number of pyridine rings is 1. The average molecular weight is 465 g/mol. The zero-order valence-corrected chi connectivity index (χ0v) is 20.7. The van der Waals surface area contributed by atoms with E-state index in [1.165, 1.54) is 24.8 Å². The summed E-state index contributed by atoms with van der Waals surface area (Å²) in [5.41, 5.74) is 3.80. The first-order valence-corrected chi connectivity index (χ1v) is 13.0. The molecule has 0 radical (unpaired) electrons. The normalized spacial score (nSPS) is 22.1. The zero-order chi connectivity index (χ0) is 23.7. The molecule has 0 unspecified atom stereocenters. The van der Waals surface area contributed by atoms with Gasteiger partial charge in [0.25, 0.3) is 0 Å². The summed E-state index contributed by atoms with van der Waals surface area (Å²) < 4.78 is 15.5. The first-order chi connectivity index (χ1) is 16.5. The van der Waals surface area contributed by atoms with Gasteiger partial charge in [-0.1, -0.05) is 20.3 Å². The Morgan fingerprint density at radius 3 is 2.47 bits per heavy atom. The summed E-state index contributed by atoms with van der Waals surface area (Å²) in [5.74, 6) is 3.54. The molecule has 3 aromatic heterocycles. The van der Waals surface area contributed by atoms with Crippen LogP contribution in [-0.2, 0) is 6.54 Å². The molecule has 1 N–H and O–H groups in total. The fraction of sp³-hybridized carbons (Fsp3) is 0.630. The van der Waals surface area contributed by atoms with Crippen molar-refractivity contribution in [3.8, 4) is 11.5 Å². The van der Waals surface area contributed by atoms with Gasteiger partial charge in [-0.25, -0.2) is 15.0 Å². The Morgan fingerprint density at radius 2 is 1.79 bits per heavy atom. The summed E-state index contributed by atoms with van der Waals surface area (Å²) in [6.07, 6.45) is 11.4. The number of aromatic nitrogens is 5. The van der Waals surface area contributed by atoms with Gasteiger partial charge in [-0.3, -0.25) is 9.37 Å². The number of rotatable bonds is 8. The highest BCUT2D eigenvalue weighted by Gasteiger charge is 2.28. The minimum atomic E-state index is -0.196. The second-order valence-corrected chi connectivity index (χ2v) is 10.7. The molecule has 3 heterocycles. The maximum absolute atomic E-state index is 13.2. The molecule has 0 spiro atoms. The van der Waals surface area contributed by atoms with Crippen molar-refractivity contribution in [3.05, 3.63) is 30.2 Å². The number of nitrogens with one attached hydrogen (secondary N) is 1. The van der Waals surface area contributed by atoms with E-state index in [-0.39, 0.29) is 12.6 Å². The van der Waals surface area contributed by atoms with Crippen LogP contribution in [0.5, 0.6) is 0 Å². The standard InChI is InChI=1S/C27H37FN6/c1-17(2)22-11-12-29-23(13-22)27-33-26-24(34(27)15-20-9-7-19(14-28)8-10-20)25(30-16-31-26)32-18(3)21-5-4-6-21/h11-13,16-21H,4-10,14-15H2,1-3H3,(H,30,31,32)/t18-,19?,20?/m1/s1. The molecule has 182 valence electrons. The van der Waals surface area contributed by atoms with Gasteiger partial charge in [0.2, 0.25) is 0 Å². The van der Waals surface area contributed by atoms with E-state index < -0.39 is 0 Å². The molecule has 2 saturated carbocycles. The molecule has 0 amide bonds. The maximum atomic E-state index is 13.2. The predicted octanol–water partition coefficient (Wildman–Crippen LogP) is 6.39. The van der Waals surface area contributed by atoms with Gasteiger partial charge in [0.05, 0.1) is 6.67 Å². The van der Waals surface area contributed by atoms with Gasteiger partial charge in [-0.05, 0) is 86.8 Å². The van der Waals surface area contributed by atoms with E-state index in [0.717, 1.165) is 55.1 Å². The van der Waals surface area contributed by atoms with Crippen LogP contribution in [0.15, 0.2) is 24.7 Å². The van der Waals surface area contributed by atoms with Gasteiger partial charge in [0.1, 0.15) is 17.5 Å². The van der Waals surface area contributed by atoms with E-state index in [9.17, 15) is 4.39 Å². The summed E-state index contributed by atoms with van der Waals surface area (Å²) >= 11 is 0. The smallest absolute Gasteiger partial charge is 0.183 e. The molecule has 3 aromatic rings. The van der Waals surface area contributed by atoms with Gasteiger partial charge in [0.15, 0.2) is 17.3 Å². The minimum absolute atomic E-state index is 0.196. The molecule has 0 aromatic carbocycles. The third kappa shape index (κ3) is 4.66. The van der Waals surface area contributed by atoms with E-state index in [0.29, 0.717) is 29.4 Å². The molecule has 2 aliphatic carbocycles. The second-order valence-electron chi connectivity index (χ2n) is 10.7. The topological polar surface area (TPSA) is 68.5 Å². The molecular formula is C27H37FN6. The third-order valence-electron chi connectivity index (χ3n) is 8.07. The molecule has 7 heteroatoms. The Morgan fingerprint density at radius 1 is 1.03 bits per heavy atom. The Bertz CT molecular complexity index is 1110. The maximum Gasteiger partial charge on any atom is 0.183 e. The van der Waals surface area contributed by atoms with Crippen molar-refractivity contribution in [2.24, 2.45) is 17.8 Å². The Labute approximate surface area is 201 Å². The number of imidazole rings is 1. The van der Waals surface area contributed by atoms with E-state index >= 15 is 0 Å². The molecule has 0 bridgehead atoms. The van der Waals surface area contributed by atoms with Crippen LogP contribution in [0.2, 0.25) is 0 Å². The molecule has 6 nitrogen and oxygen atoms in total. The van der Waals surface area contributed by atoms with E-state index in [2.05, 4.69) is 52.8 Å². The summed E-state index contributed by atoms with van der Waals surface area (Å²) in [6, 6.07) is 4.59. The Kier molecular flexibility index (Phi) is 6.79. The lowest BCUT2D eigenvalue weighted by Gasteiger charge is -2.32. The minimum Gasteiger partial charge on any atom is -0.365 e. The number of alkyl halides is 1. The zero-order valence-electron chi connectivity index (χ0n) is 20.7. The van der Waals surface area contributed by atoms with Crippen LogP contribution in [0.3, 0.4) is 0 Å². The molecule has 0 saturated heterocycles. The average Bonchev–Trinajstić information content (AvgIpc) is 3.18. The summed E-state index contributed by atoms with van der Waals surface area (Å²) in [5, 5.41) is 3.69. The summed E-state index contributed by atoms with van der Waals surface area (Å²) in [7, 11) is 0. The van der Waals surface area contributed by atoms with Crippen molar-refractivity contribution in [2.75, 3.05) is 12.0 Å². The van der Waals surface area contributed by atoms with Crippen LogP contribution in [-0.4, -0.2) is 37.2 Å². The number of fused-ring (bicyclic) bond motifs is 1.